The van der Waals surface area contributed by atoms with E-state index in [9.17, 15) is 9.18 Å². The van der Waals surface area contributed by atoms with Crippen LogP contribution in [0.1, 0.15) is 34.2 Å². The summed E-state index contributed by atoms with van der Waals surface area (Å²) in [6, 6.07) is 10.7. The number of hydrogen-bond donors (Lipinski definition) is 1. The van der Waals surface area contributed by atoms with Gasteiger partial charge in [0.2, 0.25) is 0 Å². The molecule has 3 rings (SSSR count). The Bertz CT molecular complexity index is 874. The van der Waals surface area contributed by atoms with Gasteiger partial charge in [0.05, 0.1) is 0 Å². The van der Waals surface area contributed by atoms with Crippen LogP contribution in [-0.2, 0) is 11.2 Å². The molecule has 2 aromatic rings. The van der Waals surface area contributed by atoms with E-state index in [0.29, 0.717) is 24.4 Å². The molecule has 0 atom stereocenters. The number of carbonyl (C=O) groups is 1. The maximum atomic E-state index is 13.2. The van der Waals surface area contributed by atoms with Gasteiger partial charge >= 0.3 is 0 Å². The molecular formula is C21H21FN2O. The van der Waals surface area contributed by atoms with Gasteiger partial charge in [-0.05, 0) is 67.7 Å². The summed E-state index contributed by atoms with van der Waals surface area (Å²) >= 11 is 0. The molecule has 0 bridgehead atoms. The fraction of sp³-hybridized carbons (Fsp3) is 0.238. The van der Waals surface area contributed by atoms with Crippen molar-refractivity contribution in [1.82, 2.24) is 5.32 Å². The van der Waals surface area contributed by atoms with Crippen LogP contribution in [0.3, 0.4) is 0 Å². The van der Waals surface area contributed by atoms with Gasteiger partial charge in [-0.2, -0.15) is 0 Å². The van der Waals surface area contributed by atoms with Gasteiger partial charge in [-0.25, -0.2) is 9.38 Å². The fourth-order valence-corrected chi connectivity index (χ4v) is 3.15. The lowest BCUT2D eigenvalue weighted by Crippen LogP contribution is -2.24. The van der Waals surface area contributed by atoms with Crippen molar-refractivity contribution < 1.29 is 9.18 Å². The highest BCUT2D eigenvalue weighted by molar-refractivity contribution is 6.14. The van der Waals surface area contributed by atoms with Gasteiger partial charge in [0.25, 0.3) is 5.91 Å². The predicted molar refractivity (Wildman–Crippen MR) is 98.9 cm³/mol. The highest BCUT2D eigenvalue weighted by Gasteiger charge is 2.20. The van der Waals surface area contributed by atoms with Crippen LogP contribution < -0.4 is 5.32 Å². The lowest BCUT2D eigenvalue weighted by molar-refractivity contribution is -0.115. The van der Waals surface area contributed by atoms with Gasteiger partial charge < -0.3 is 5.32 Å². The number of hydrogen-bond acceptors (Lipinski definition) is 2. The van der Waals surface area contributed by atoms with E-state index in [1.807, 2.05) is 26.0 Å². The van der Waals surface area contributed by atoms with Crippen LogP contribution in [0.5, 0.6) is 0 Å². The second-order valence-corrected chi connectivity index (χ2v) is 6.48. The first-order valence-electron chi connectivity index (χ1n) is 8.35. The molecule has 0 spiro atoms. The molecule has 0 fully saturated rings. The average molecular weight is 336 g/mol. The molecule has 0 radical (unpaired) electrons. The van der Waals surface area contributed by atoms with Crippen molar-refractivity contribution >= 4 is 17.8 Å². The van der Waals surface area contributed by atoms with Crippen molar-refractivity contribution in [3.8, 4) is 0 Å². The van der Waals surface area contributed by atoms with Crippen LogP contribution in [0, 0.1) is 26.6 Å². The minimum Gasteiger partial charge on any atom is -0.309 e. The van der Waals surface area contributed by atoms with Crippen molar-refractivity contribution in [2.24, 2.45) is 4.99 Å². The molecule has 3 nitrogen and oxygen atoms in total. The highest BCUT2D eigenvalue weighted by Crippen LogP contribution is 2.21. The Morgan fingerprint density at radius 2 is 1.80 bits per heavy atom. The molecule has 0 saturated heterocycles. The van der Waals surface area contributed by atoms with E-state index in [4.69, 9.17) is 0 Å². The van der Waals surface area contributed by atoms with E-state index >= 15 is 0 Å². The first-order valence-corrected chi connectivity index (χ1v) is 8.35. The number of nitrogens with one attached hydrogen (secondary N) is 1. The number of rotatable bonds is 4. The Morgan fingerprint density at radius 3 is 2.48 bits per heavy atom. The van der Waals surface area contributed by atoms with E-state index in [1.165, 1.54) is 17.7 Å². The maximum absolute atomic E-state index is 13.2. The van der Waals surface area contributed by atoms with Crippen LogP contribution in [0.2, 0.25) is 0 Å². The van der Waals surface area contributed by atoms with Crippen LogP contribution in [0.25, 0.3) is 6.08 Å². The fourth-order valence-electron chi connectivity index (χ4n) is 3.15. The molecule has 0 aromatic heterocycles. The van der Waals surface area contributed by atoms with Crippen molar-refractivity contribution in [2.75, 3.05) is 0 Å². The third kappa shape index (κ3) is 4.02. The van der Waals surface area contributed by atoms with Gasteiger partial charge in [-0.3, -0.25) is 4.79 Å². The molecular weight excluding hydrogens is 315 g/mol. The molecule has 2 aromatic carbocycles. The van der Waals surface area contributed by atoms with Gasteiger partial charge in [-0.1, -0.05) is 29.8 Å². The van der Waals surface area contributed by atoms with E-state index in [0.717, 1.165) is 22.3 Å². The first kappa shape index (κ1) is 17.1. The summed E-state index contributed by atoms with van der Waals surface area (Å²) in [4.78, 5) is 16.6. The zero-order valence-corrected chi connectivity index (χ0v) is 14.7. The molecule has 1 heterocycles. The lowest BCUT2D eigenvalue weighted by atomic mass is 9.99. The summed E-state index contributed by atoms with van der Waals surface area (Å²) in [6.45, 7) is 6.13. The Labute approximate surface area is 147 Å². The Kier molecular flexibility index (Phi) is 4.79. The van der Waals surface area contributed by atoms with Crippen LogP contribution in [0.4, 0.5) is 4.39 Å². The molecule has 1 amide bonds. The molecule has 0 unspecified atom stereocenters. The number of aliphatic imine (C=N–C) groups is 1. The average Bonchev–Trinajstić information content (AvgIpc) is 2.89. The Morgan fingerprint density at radius 1 is 1.08 bits per heavy atom. The Balaban J connectivity index is 1.78. The summed E-state index contributed by atoms with van der Waals surface area (Å²) in [5, 5.41) is 2.81. The molecule has 1 aliphatic rings. The SMILES string of the molecule is Cc1cc(C)c(/C=C2\N=C(CCc3cccc(F)c3)NC2=O)c(C)c1. The van der Waals surface area contributed by atoms with E-state index in [-0.39, 0.29) is 11.7 Å². The van der Waals surface area contributed by atoms with Gasteiger partial charge in [-0.15, -0.1) is 0 Å². The lowest BCUT2D eigenvalue weighted by Gasteiger charge is -2.07. The summed E-state index contributed by atoms with van der Waals surface area (Å²) in [7, 11) is 0. The van der Waals surface area contributed by atoms with Gasteiger partial charge in [0.1, 0.15) is 17.3 Å². The molecule has 1 N–H and O–H groups in total. The monoisotopic (exact) mass is 336 g/mol. The zero-order valence-electron chi connectivity index (χ0n) is 14.7. The molecule has 1 aliphatic heterocycles. The largest absolute Gasteiger partial charge is 0.309 e. The third-order valence-electron chi connectivity index (χ3n) is 4.30. The number of benzene rings is 2. The number of aryl methyl sites for hydroxylation is 4. The third-order valence-corrected chi connectivity index (χ3v) is 4.30. The summed E-state index contributed by atoms with van der Waals surface area (Å²) in [5.74, 6) is 0.192. The quantitative estimate of drug-likeness (QED) is 0.833. The smallest absolute Gasteiger partial charge is 0.275 e. The second kappa shape index (κ2) is 7.01. The second-order valence-electron chi connectivity index (χ2n) is 6.48. The van der Waals surface area contributed by atoms with Gasteiger partial charge in [0.15, 0.2) is 0 Å². The van der Waals surface area contributed by atoms with Crippen LogP contribution >= 0.6 is 0 Å². The highest BCUT2D eigenvalue weighted by atomic mass is 19.1. The molecule has 0 aliphatic carbocycles. The molecule has 128 valence electrons. The van der Waals surface area contributed by atoms with Crippen molar-refractivity contribution in [3.05, 3.63) is 75.7 Å². The van der Waals surface area contributed by atoms with E-state index < -0.39 is 0 Å². The number of amidine groups is 1. The predicted octanol–water partition coefficient (Wildman–Crippen LogP) is 4.25. The number of nitrogens with zero attached hydrogens (tertiary/aromatic N) is 1. The first-order chi connectivity index (χ1) is 11.9. The number of halogens is 1. The number of carbonyl (C=O) groups excluding carboxylic acids is 1. The van der Waals surface area contributed by atoms with Crippen molar-refractivity contribution in [2.45, 2.75) is 33.6 Å². The van der Waals surface area contributed by atoms with Crippen molar-refractivity contribution in [3.63, 3.8) is 0 Å². The molecule has 4 heteroatoms. The molecule has 0 saturated carbocycles. The minimum atomic E-state index is -0.249. The topological polar surface area (TPSA) is 41.5 Å². The van der Waals surface area contributed by atoms with Crippen LogP contribution in [0.15, 0.2) is 47.1 Å². The zero-order chi connectivity index (χ0) is 18.0. The van der Waals surface area contributed by atoms with E-state index in [1.54, 1.807) is 6.07 Å². The van der Waals surface area contributed by atoms with Gasteiger partial charge in [0, 0.05) is 6.42 Å². The van der Waals surface area contributed by atoms with E-state index in [2.05, 4.69) is 29.4 Å². The number of amides is 1. The molecule has 25 heavy (non-hydrogen) atoms. The Hall–Kier alpha value is -2.75. The minimum absolute atomic E-state index is 0.186. The van der Waals surface area contributed by atoms with Crippen molar-refractivity contribution in [1.29, 1.82) is 0 Å². The maximum Gasteiger partial charge on any atom is 0.275 e. The standard InChI is InChI=1S/C21H21FN2O/c1-13-9-14(2)18(15(3)10-13)12-19-21(25)24-20(23-19)8-7-16-5-4-6-17(22)11-16/h4-6,9-12H,7-8H2,1-3H3,(H,23,24,25)/b19-12-. The normalized spacial score (nSPS) is 15.4. The summed E-state index contributed by atoms with van der Waals surface area (Å²) < 4.78 is 13.2. The summed E-state index contributed by atoms with van der Waals surface area (Å²) in [6.07, 6.45) is 3.04. The summed E-state index contributed by atoms with van der Waals surface area (Å²) in [5.41, 5.74) is 5.80. The van der Waals surface area contributed by atoms with Crippen LogP contribution in [-0.4, -0.2) is 11.7 Å².